The Morgan fingerprint density at radius 3 is 2.78 bits per heavy atom. The van der Waals surface area contributed by atoms with E-state index in [1.165, 1.54) is 12.8 Å². The highest BCUT2D eigenvalue weighted by atomic mass is 16.5. The van der Waals surface area contributed by atoms with Crippen LogP contribution in [-0.4, -0.2) is 42.2 Å². The summed E-state index contributed by atoms with van der Waals surface area (Å²) in [6.45, 7) is 3.04. The average molecular weight is 248 g/mol. The van der Waals surface area contributed by atoms with Gasteiger partial charge < -0.3 is 15.0 Å². The summed E-state index contributed by atoms with van der Waals surface area (Å²) in [5.41, 5.74) is 0. The molecule has 2 aliphatic rings. The van der Waals surface area contributed by atoms with Gasteiger partial charge in [-0.05, 0) is 12.8 Å². The summed E-state index contributed by atoms with van der Waals surface area (Å²) in [4.78, 5) is 22.5. The van der Waals surface area contributed by atoms with E-state index in [2.05, 4.69) is 20.2 Å². The van der Waals surface area contributed by atoms with E-state index in [0.29, 0.717) is 19.0 Å². The van der Waals surface area contributed by atoms with Crippen LogP contribution in [0.1, 0.15) is 12.8 Å². The van der Waals surface area contributed by atoms with Crippen molar-refractivity contribution in [3.63, 3.8) is 0 Å². The zero-order chi connectivity index (χ0) is 12.4. The summed E-state index contributed by atoms with van der Waals surface area (Å²) in [5.74, 6) is 1.29. The number of hydrogen-bond donors (Lipinski definition) is 1. The van der Waals surface area contributed by atoms with Crippen LogP contribution < -0.4 is 10.2 Å². The summed E-state index contributed by atoms with van der Waals surface area (Å²) in [6.07, 6.45) is 5.71. The van der Waals surface area contributed by atoms with Crippen molar-refractivity contribution in [2.24, 2.45) is 5.92 Å². The number of rotatable bonds is 3. The molecule has 0 unspecified atom stereocenters. The molecule has 2 saturated heterocycles. The third-order valence-electron chi connectivity index (χ3n) is 3.31. The number of anilines is 2. The van der Waals surface area contributed by atoms with Crippen LogP contribution in [0.5, 0.6) is 0 Å². The number of nitrogens with one attached hydrogen (secondary N) is 1. The molecule has 0 atom stereocenters. The molecule has 1 N–H and O–H groups in total. The molecule has 2 aliphatic heterocycles. The molecule has 0 saturated carbocycles. The van der Waals surface area contributed by atoms with Crippen LogP contribution in [0.4, 0.5) is 11.6 Å². The van der Waals surface area contributed by atoms with Crippen molar-refractivity contribution in [1.29, 1.82) is 0 Å². The SMILES string of the molecule is O=C(Nc1cncc(N2CCCC2)n1)C1COC1. The van der Waals surface area contributed by atoms with Crippen LogP contribution in [0.15, 0.2) is 12.4 Å². The first-order valence-electron chi connectivity index (χ1n) is 6.28. The predicted octanol–water partition coefficient (Wildman–Crippen LogP) is 0.662. The second kappa shape index (κ2) is 4.89. The maximum absolute atomic E-state index is 11.8. The molecular weight excluding hydrogens is 232 g/mol. The number of hydrogen-bond acceptors (Lipinski definition) is 5. The van der Waals surface area contributed by atoms with E-state index >= 15 is 0 Å². The normalized spacial score (nSPS) is 19.7. The van der Waals surface area contributed by atoms with Gasteiger partial charge in [0.15, 0.2) is 5.82 Å². The van der Waals surface area contributed by atoms with Crippen molar-refractivity contribution in [2.75, 3.05) is 36.5 Å². The summed E-state index contributed by atoms with van der Waals surface area (Å²) >= 11 is 0. The van der Waals surface area contributed by atoms with Gasteiger partial charge in [-0.1, -0.05) is 0 Å². The van der Waals surface area contributed by atoms with E-state index in [1.807, 2.05) is 0 Å². The van der Waals surface area contributed by atoms with Crippen LogP contribution in [0.25, 0.3) is 0 Å². The first-order valence-corrected chi connectivity index (χ1v) is 6.28. The van der Waals surface area contributed by atoms with Crippen LogP contribution in [0.3, 0.4) is 0 Å². The van der Waals surface area contributed by atoms with Gasteiger partial charge in [0.05, 0.1) is 31.5 Å². The zero-order valence-electron chi connectivity index (χ0n) is 10.1. The van der Waals surface area contributed by atoms with E-state index in [-0.39, 0.29) is 11.8 Å². The second-order valence-electron chi connectivity index (χ2n) is 4.68. The lowest BCUT2D eigenvalue weighted by Crippen LogP contribution is -2.38. The monoisotopic (exact) mass is 248 g/mol. The molecule has 0 spiro atoms. The maximum atomic E-state index is 11.8. The number of ether oxygens (including phenoxy) is 1. The maximum Gasteiger partial charge on any atom is 0.233 e. The Bertz CT molecular complexity index is 441. The molecule has 0 aliphatic carbocycles. The summed E-state index contributed by atoms with van der Waals surface area (Å²) in [6, 6.07) is 0. The van der Waals surface area contributed by atoms with Crippen molar-refractivity contribution in [3.8, 4) is 0 Å². The van der Waals surface area contributed by atoms with E-state index < -0.39 is 0 Å². The van der Waals surface area contributed by atoms with E-state index in [0.717, 1.165) is 18.9 Å². The Hall–Kier alpha value is -1.69. The summed E-state index contributed by atoms with van der Waals surface area (Å²) in [5, 5.41) is 2.79. The van der Waals surface area contributed by atoms with Gasteiger partial charge in [-0.2, -0.15) is 0 Å². The van der Waals surface area contributed by atoms with E-state index in [4.69, 9.17) is 4.74 Å². The van der Waals surface area contributed by atoms with Gasteiger partial charge in [0.2, 0.25) is 5.91 Å². The molecule has 1 amide bonds. The van der Waals surface area contributed by atoms with Crippen LogP contribution >= 0.6 is 0 Å². The highest BCUT2D eigenvalue weighted by molar-refractivity contribution is 5.92. The lowest BCUT2D eigenvalue weighted by atomic mass is 10.1. The van der Waals surface area contributed by atoms with Crippen molar-refractivity contribution in [2.45, 2.75) is 12.8 Å². The minimum absolute atomic E-state index is 0.0332. The van der Waals surface area contributed by atoms with E-state index in [1.54, 1.807) is 12.4 Å². The topological polar surface area (TPSA) is 67.4 Å². The fraction of sp³-hybridized carbons (Fsp3) is 0.583. The third kappa shape index (κ3) is 2.28. The highest BCUT2D eigenvalue weighted by Crippen LogP contribution is 2.19. The Morgan fingerprint density at radius 2 is 2.11 bits per heavy atom. The Kier molecular flexibility index (Phi) is 3.10. The molecule has 6 heteroatoms. The molecule has 3 heterocycles. The minimum Gasteiger partial charge on any atom is -0.380 e. The number of nitrogens with zero attached hydrogens (tertiary/aromatic N) is 3. The van der Waals surface area contributed by atoms with Crippen molar-refractivity contribution < 1.29 is 9.53 Å². The standard InChI is InChI=1S/C12H16N4O2/c17-12(9-7-18-8-9)15-10-5-13-6-11(14-10)16-3-1-2-4-16/h5-6,9H,1-4,7-8H2,(H,14,15,17). The van der Waals surface area contributed by atoms with Crippen molar-refractivity contribution in [3.05, 3.63) is 12.4 Å². The van der Waals surface area contributed by atoms with Gasteiger partial charge >= 0.3 is 0 Å². The van der Waals surface area contributed by atoms with Gasteiger partial charge in [-0.15, -0.1) is 0 Å². The number of amides is 1. The molecule has 1 aromatic rings. The van der Waals surface area contributed by atoms with Gasteiger partial charge in [0.25, 0.3) is 0 Å². The fourth-order valence-corrected chi connectivity index (χ4v) is 2.13. The molecule has 3 rings (SSSR count). The van der Waals surface area contributed by atoms with E-state index in [9.17, 15) is 4.79 Å². The molecule has 1 aromatic heterocycles. The first-order chi connectivity index (χ1) is 8.83. The molecule has 0 radical (unpaired) electrons. The lowest BCUT2D eigenvalue weighted by Gasteiger charge is -2.24. The third-order valence-corrected chi connectivity index (χ3v) is 3.31. The minimum atomic E-state index is -0.0396. The molecule has 0 bridgehead atoms. The van der Waals surface area contributed by atoms with Gasteiger partial charge in [0, 0.05) is 13.1 Å². The van der Waals surface area contributed by atoms with Crippen molar-refractivity contribution in [1.82, 2.24) is 9.97 Å². The Balaban J connectivity index is 1.68. The Labute approximate surface area is 105 Å². The smallest absolute Gasteiger partial charge is 0.233 e. The Morgan fingerprint density at radius 1 is 1.33 bits per heavy atom. The van der Waals surface area contributed by atoms with Gasteiger partial charge in [0.1, 0.15) is 5.82 Å². The number of carbonyl (C=O) groups is 1. The highest BCUT2D eigenvalue weighted by Gasteiger charge is 2.26. The van der Waals surface area contributed by atoms with Gasteiger partial charge in [-0.25, -0.2) is 4.98 Å². The molecule has 0 aromatic carbocycles. The van der Waals surface area contributed by atoms with Crippen molar-refractivity contribution >= 4 is 17.5 Å². The predicted molar refractivity (Wildman–Crippen MR) is 66.4 cm³/mol. The fourth-order valence-electron chi connectivity index (χ4n) is 2.13. The molecular formula is C12H16N4O2. The van der Waals surface area contributed by atoms with Crippen LogP contribution in [0.2, 0.25) is 0 Å². The van der Waals surface area contributed by atoms with Crippen LogP contribution in [0, 0.1) is 5.92 Å². The zero-order valence-corrected chi connectivity index (χ0v) is 10.1. The molecule has 18 heavy (non-hydrogen) atoms. The average Bonchev–Trinajstić information content (AvgIpc) is 2.80. The second-order valence-corrected chi connectivity index (χ2v) is 4.68. The number of aromatic nitrogens is 2. The quantitative estimate of drug-likeness (QED) is 0.851. The molecule has 96 valence electrons. The number of carbonyl (C=O) groups excluding carboxylic acids is 1. The van der Waals surface area contributed by atoms with Gasteiger partial charge in [-0.3, -0.25) is 9.78 Å². The summed E-state index contributed by atoms with van der Waals surface area (Å²) in [7, 11) is 0. The first kappa shape index (κ1) is 11.4. The van der Waals surface area contributed by atoms with Crippen LogP contribution in [-0.2, 0) is 9.53 Å². The summed E-state index contributed by atoms with van der Waals surface area (Å²) < 4.78 is 4.99. The molecule has 6 nitrogen and oxygen atoms in total. The lowest BCUT2D eigenvalue weighted by molar-refractivity contribution is -0.133. The largest absolute Gasteiger partial charge is 0.380 e. The molecule has 2 fully saturated rings.